The van der Waals surface area contributed by atoms with Gasteiger partial charge in [0, 0.05) is 12.1 Å². The molecule has 1 heterocycles. The summed E-state index contributed by atoms with van der Waals surface area (Å²) in [5.41, 5.74) is 3.24. The van der Waals surface area contributed by atoms with Gasteiger partial charge in [-0.2, -0.15) is 0 Å². The number of nitrogens with zero attached hydrogens (tertiary/aromatic N) is 1. The van der Waals surface area contributed by atoms with Gasteiger partial charge >= 0.3 is 0 Å². The SMILES string of the molecule is CCC1CC(CC)N1NC. The van der Waals surface area contributed by atoms with Crippen LogP contribution in [0.3, 0.4) is 0 Å². The van der Waals surface area contributed by atoms with Crippen molar-refractivity contribution in [2.45, 2.75) is 45.2 Å². The van der Waals surface area contributed by atoms with Crippen molar-refractivity contribution < 1.29 is 0 Å². The molecule has 1 rings (SSSR count). The molecule has 0 spiro atoms. The largest absolute Gasteiger partial charge is 0.258 e. The summed E-state index contributed by atoms with van der Waals surface area (Å²) < 4.78 is 0. The predicted octanol–water partition coefficient (Wildman–Crippen LogP) is 1.38. The first kappa shape index (κ1) is 8.02. The van der Waals surface area contributed by atoms with E-state index in [1.165, 1.54) is 19.3 Å². The van der Waals surface area contributed by atoms with Gasteiger partial charge in [0.05, 0.1) is 0 Å². The van der Waals surface area contributed by atoms with E-state index in [9.17, 15) is 0 Å². The van der Waals surface area contributed by atoms with Crippen molar-refractivity contribution in [3.63, 3.8) is 0 Å². The molecule has 0 radical (unpaired) electrons. The standard InChI is InChI=1S/C8H18N2/c1-4-7-6-8(5-2)10(7)9-3/h7-9H,4-6H2,1-3H3. The van der Waals surface area contributed by atoms with E-state index in [-0.39, 0.29) is 0 Å². The molecular weight excluding hydrogens is 124 g/mol. The molecule has 2 nitrogen and oxygen atoms in total. The van der Waals surface area contributed by atoms with Crippen molar-refractivity contribution in [1.82, 2.24) is 10.4 Å². The monoisotopic (exact) mass is 142 g/mol. The molecule has 60 valence electrons. The fourth-order valence-electron chi connectivity index (χ4n) is 1.79. The fraction of sp³-hybridized carbons (Fsp3) is 1.00. The normalized spacial score (nSPS) is 33.9. The first-order valence-electron chi connectivity index (χ1n) is 4.29. The lowest BCUT2D eigenvalue weighted by atomic mass is 9.92. The zero-order valence-corrected chi connectivity index (χ0v) is 7.22. The first-order valence-corrected chi connectivity index (χ1v) is 4.29. The number of nitrogens with one attached hydrogen (secondary N) is 1. The van der Waals surface area contributed by atoms with E-state index in [0.717, 1.165) is 12.1 Å². The predicted molar refractivity (Wildman–Crippen MR) is 43.7 cm³/mol. The van der Waals surface area contributed by atoms with Crippen molar-refractivity contribution in [2.24, 2.45) is 0 Å². The van der Waals surface area contributed by atoms with Crippen LogP contribution in [0.15, 0.2) is 0 Å². The third-order valence-corrected chi connectivity index (χ3v) is 2.53. The molecule has 0 amide bonds. The molecule has 0 bridgehead atoms. The second-order valence-electron chi connectivity index (χ2n) is 2.99. The van der Waals surface area contributed by atoms with Gasteiger partial charge in [-0.25, -0.2) is 5.01 Å². The molecule has 0 aromatic heterocycles. The Hall–Kier alpha value is -0.0800. The highest BCUT2D eigenvalue weighted by Crippen LogP contribution is 2.27. The highest BCUT2D eigenvalue weighted by Gasteiger charge is 2.34. The Labute approximate surface area is 63.6 Å². The number of hydrogen-bond donors (Lipinski definition) is 1. The van der Waals surface area contributed by atoms with Gasteiger partial charge in [0.25, 0.3) is 0 Å². The zero-order valence-electron chi connectivity index (χ0n) is 7.22. The lowest BCUT2D eigenvalue weighted by Crippen LogP contribution is -2.60. The van der Waals surface area contributed by atoms with E-state index in [0.29, 0.717) is 0 Å². The van der Waals surface area contributed by atoms with E-state index in [1.807, 2.05) is 7.05 Å². The Morgan fingerprint density at radius 1 is 1.30 bits per heavy atom. The summed E-state index contributed by atoms with van der Waals surface area (Å²) in [5, 5.41) is 2.38. The topological polar surface area (TPSA) is 15.3 Å². The molecule has 0 aromatic rings. The van der Waals surface area contributed by atoms with Gasteiger partial charge in [0.15, 0.2) is 0 Å². The van der Waals surface area contributed by atoms with Crippen molar-refractivity contribution in [1.29, 1.82) is 0 Å². The second-order valence-corrected chi connectivity index (χ2v) is 2.99. The highest BCUT2D eigenvalue weighted by atomic mass is 15.6. The molecule has 0 aliphatic carbocycles. The van der Waals surface area contributed by atoms with Crippen LogP contribution in [0.2, 0.25) is 0 Å². The minimum atomic E-state index is 0.801. The number of hydrazine groups is 1. The Morgan fingerprint density at radius 3 is 2.10 bits per heavy atom. The van der Waals surface area contributed by atoms with Crippen LogP contribution in [0.25, 0.3) is 0 Å². The van der Waals surface area contributed by atoms with Crippen LogP contribution in [0.4, 0.5) is 0 Å². The number of rotatable bonds is 3. The molecule has 10 heavy (non-hydrogen) atoms. The lowest BCUT2D eigenvalue weighted by molar-refractivity contribution is -0.0299. The Kier molecular flexibility index (Phi) is 2.69. The molecule has 1 saturated heterocycles. The van der Waals surface area contributed by atoms with Crippen LogP contribution in [0, 0.1) is 0 Å². The van der Waals surface area contributed by atoms with E-state index < -0.39 is 0 Å². The van der Waals surface area contributed by atoms with Crippen LogP contribution >= 0.6 is 0 Å². The smallest absolute Gasteiger partial charge is 0.0259 e. The Morgan fingerprint density at radius 2 is 1.80 bits per heavy atom. The molecule has 1 fully saturated rings. The summed E-state index contributed by atoms with van der Waals surface area (Å²) in [6.07, 6.45) is 3.93. The van der Waals surface area contributed by atoms with Crippen LogP contribution in [0.5, 0.6) is 0 Å². The Bertz CT molecular complexity index is 93.4. The zero-order chi connectivity index (χ0) is 7.56. The maximum absolute atomic E-state index is 3.24. The van der Waals surface area contributed by atoms with Gasteiger partial charge in [-0.3, -0.25) is 5.43 Å². The quantitative estimate of drug-likeness (QED) is 0.640. The van der Waals surface area contributed by atoms with Gasteiger partial charge in [0.1, 0.15) is 0 Å². The molecular formula is C8H18N2. The second kappa shape index (κ2) is 3.35. The maximum atomic E-state index is 3.24. The molecule has 2 atom stereocenters. The minimum absolute atomic E-state index is 0.801. The summed E-state index contributed by atoms with van der Waals surface area (Å²) in [7, 11) is 2.02. The molecule has 0 aromatic carbocycles. The van der Waals surface area contributed by atoms with Crippen LogP contribution in [-0.2, 0) is 0 Å². The summed E-state index contributed by atoms with van der Waals surface area (Å²) in [6.45, 7) is 4.50. The van der Waals surface area contributed by atoms with E-state index in [2.05, 4.69) is 24.3 Å². The van der Waals surface area contributed by atoms with E-state index in [4.69, 9.17) is 0 Å². The molecule has 1 aliphatic heterocycles. The third-order valence-electron chi connectivity index (χ3n) is 2.53. The average molecular weight is 142 g/mol. The molecule has 0 saturated carbocycles. The van der Waals surface area contributed by atoms with E-state index in [1.54, 1.807) is 0 Å². The van der Waals surface area contributed by atoms with Crippen molar-refractivity contribution in [3.8, 4) is 0 Å². The lowest BCUT2D eigenvalue weighted by Gasteiger charge is -2.47. The highest BCUT2D eigenvalue weighted by molar-refractivity contribution is 4.87. The van der Waals surface area contributed by atoms with E-state index >= 15 is 0 Å². The Balaban J connectivity index is 2.30. The van der Waals surface area contributed by atoms with Crippen LogP contribution < -0.4 is 5.43 Å². The van der Waals surface area contributed by atoms with Crippen LogP contribution in [-0.4, -0.2) is 24.1 Å². The van der Waals surface area contributed by atoms with Gasteiger partial charge in [0.2, 0.25) is 0 Å². The van der Waals surface area contributed by atoms with Gasteiger partial charge < -0.3 is 0 Å². The van der Waals surface area contributed by atoms with Gasteiger partial charge in [-0.1, -0.05) is 13.8 Å². The minimum Gasteiger partial charge on any atom is -0.258 e. The average Bonchev–Trinajstić information content (AvgIpc) is 1.89. The maximum Gasteiger partial charge on any atom is 0.0259 e. The summed E-state index contributed by atoms with van der Waals surface area (Å²) in [5.74, 6) is 0. The molecule has 2 heteroatoms. The summed E-state index contributed by atoms with van der Waals surface area (Å²) >= 11 is 0. The molecule has 2 unspecified atom stereocenters. The van der Waals surface area contributed by atoms with Gasteiger partial charge in [-0.15, -0.1) is 0 Å². The summed E-state index contributed by atoms with van der Waals surface area (Å²) in [4.78, 5) is 0. The molecule has 1 aliphatic rings. The van der Waals surface area contributed by atoms with Crippen molar-refractivity contribution in [2.75, 3.05) is 7.05 Å². The number of hydrogen-bond acceptors (Lipinski definition) is 2. The van der Waals surface area contributed by atoms with Crippen molar-refractivity contribution in [3.05, 3.63) is 0 Å². The molecule has 1 N–H and O–H groups in total. The van der Waals surface area contributed by atoms with Gasteiger partial charge in [-0.05, 0) is 26.3 Å². The fourth-order valence-corrected chi connectivity index (χ4v) is 1.79. The third kappa shape index (κ3) is 1.18. The summed E-state index contributed by atoms with van der Waals surface area (Å²) in [6, 6.07) is 1.60. The van der Waals surface area contributed by atoms with Crippen LogP contribution in [0.1, 0.15) is 33.1 Å². The first-order chi connectivity index (χ1) is 4.83. The van der Waals surface area contributed by atoms with Crippen molar-refractivity contribution >= 4 is 0 Å².